The summed E-state index contributed by atoms with van der Waals surface area (Å²) in [6.07, 6.45) is 9.22. The molecule has 1 unspecified atom stereocenters. The third kappa shape index (κ3) is 8.04. The molecule has 2 heterocycles. The standard InChI is InChI=1S/C21H39N7OS.HI/c1-4-22-20(24-16-17(2)27-12-14-29-15-13-27)23-11-7-10-19-25-26-21(30-3)28(19)18-8-5-6-9-18;/h17-18H,4-16H2,1-3H3,(H2,22,23,24);1H. The first-order valence-electron chi connectivity index (χ1n) is 11.5. The summed E-state index contributed by atoms with van der Waals surface area (Å²) in [5.74, 6) is 2.04. The molecule has 0 bridgehead atoms. The topological polar surface area (TPSA) is 79.6 Å². The Morgan fingerprint density at radius 1 is 1.23 bits per heavy atom. The number of ether oxygens (including phenoxy) is 1. The fraction of sp³-hybridized carbons (Fsp3) is 0.857. The summed E-state index contributed by atoms with van der Waals surface area (Å²) >= 11 is 1.71. The van der Waals surface area contributed by atoms with Gasteiger partial charge in [0.15, 0.2) is 11.1 Å². The van der Waals surface area contributed by atoms with Crippen molar-refractivity contribution in [2.75, 3.05) is 52.2 Å². The molecule has 3 rings (SSSR count). The molecule has 1 saturated heterocycles. The summed E-state index contributed by atoms with van der Waals surface area (Å²) in [6, 6.07) is 1.02. The van der Waals surface area contributed by atoms with Crippen LogP contribution in [0.2, 0.25) is 0 Å². The molecular formula is C21H40IN7OS. The molecule has 1 aliphatic heterocycles. The number of hydrogen-bond acceptors (Lipinski definition) is 6. The zero-order chi connectivity index (χ0) is 21.2. The van der Waals surface area contributed by atoms with Crippen molar-refractivity contribution in [3.8, 4) is 0 Å². The number of morpholine rings is 1. The first kappa shape index (κ1) is 26.7. The van der Waals surface area contributed by atoms with Crippen LogP contribution in [0.25, 0.3) is 0 Å². The van der Waals surface area contributed by atoms with Crippen LogP contribution in [0.15, 0.2) is 10.1 Å². The first-order valence-corrected chi connectivity index (χ1v) is 12.8. The number of guanidine groups is 1. The molecule has 0 spiro atoms. The smallest absolute Gasteiger partial charge is 0.191 e. The molecule has 2 fully saturated rings. The summed E-state index contributed by atoms with van der Waals surface area (Å²) in [5.41, 5.74) is 0. The Morgan fingerprint density at radius 2 is 1.97 bits per heavy atom. The van der Waals surface area contributed by atoms with Gasteiger partial charge in [-0.05, 0) is 39.4 Å². The highest BCUT2D eigenvalue weighted by Gasteiger charge is 2.23. The van der Waals surface area contributed by atoms with Crippen molar-refractivity contribution in [2.24, 2.45) is 4.99 Å². The van der Waals surface area contributed by atoms with Crippen molar-refractivity contribution >= 4 is 41.7 Å². The van der Waals surface area contributed by atoms with E-state index in [0.717, 1.165) is 75.7 Å². The second-order valence-corrected chi connectivity index (χ2v) is 8.93. The molecule has 0 amide bonds. The highest BCUT2D eigenvalue weighted by Crippen LogP contribution is 2.33. The van der Waals surface area contributed by atoms with Crippen molar-refractivity contribution in [3.63, 3.8) is 0 Å². The van der Waals surface area contributed by atoms with Crippen LogP contribution < -0.4 is 10.6 Å². The van der Waals surface area contributed by atoms with Gasteiger partial charge < -0.3 is 19.9 Å². The van der Waals surface area contributed by atoms with Gasteiger partial charge in [-0.3, -0.25) is 9.89 Å². The highest BCUT2D eigenvalue weighted by molar-refractivity contribution is 14.0. The van der Waals surface area contributed by atoms with E-state index in [9.17, 15) is 0 Å². The van der Waals surface area contributed by atoms with Crippen molar-refractivity contribution < 1.29 is 4.74 Å². The number of aromatic nitrogens is 3. The monoisotopic (exact) mass is 565 g/mol. The van der Waals surface area contributed by atoms with E-state index >= 15 is 0 Å². The number of rotatable bonds is 10. The summed E-state index contributed by atoms with van der Waals surface area (Å²) in [6.45, 7) is 10.6. The predicted molar refractivity (Wildman–Crippen MR) is 139 cm³/mol. The van der Waals surface area contributed by atoms with Gasteiger partial charge in [-0.25, -0.2) is 0 Å². The minimum atomic E-state index is 0. The summed E-state index contributed by atoms with van der Waals surface area (Å²) in [5, 5.41) is 16.8. The van der Waals surface area contributed by atoms with Crippen LogP contribution in [-0.2, 0) is 11.2 Å². The quantitative estimate of drug-likeness (QED) is 0.149. The number of aryl methyl sites for hydroxylation is 1. The predicted octanol–water partition coefficient (Wildman–Crippen LogP) is 2.94. The second kappa shape index (κ2) is 14.5. The van der Waals surface area contributed by atoms with Gasteiger partial charge in [0, 0.05) is 44.7 Å². The van der Waals surface area contributed by atoms with Gasteiger partial charge in [-0.1, -0.05) is 24.6 Å². The summed E-state index contributed by atoms with van der Waals surface area (Å²) in [4.78, 5) is 7.26. The zero-order valence-corrected chi connectivity index (χ0v) is 22.5. The maximum atomic E-state index is 5.45. The number of halogens is 1. The molecule has 31 heavy (non-hydrogen) atoms. The van der Waals surface area contributed by atoms with Gasteiger partial charge in [0.2, 0.25) is 0 Å². The van der Waals surface area contributed by atoms with Crippen LogP contribution in [0, 0.1) is 0 Å². The number of hydrogen-bond donors (Lipinski definition) is 2. The Bertz CT molecular complexity index is 660. The molecule has 0 radical (unpaired) electrons. The van der Waals surface area contributed by atoms with Crippen molar-refractivity contribution in [1.82, 2.24) is 30.3 Å². The van der Waals surface area contributed by atoms with E-state index < -0.39 is 0 Å². The molecule has 1 atom stereocenters. The molecule has 8 nitrogen and oxygen atoms in total. The van der Waals surface area contributed by atoms with Gasteiger partial charge in [0.25, 0.3) is 0 Å². The fourth-order valence-corrected chi connectivity index (χ4v) is 4.87. The van der Waals surface area contributed by atoms with Gasteiger partial charge >= 0.3 is 0 Å². The van der Waals surface area contributed by atoms with Crippen LogP contribution in [-0.4, -0.2) is 83.9 Å². The lowest BCUT2D eigenvalue weighted by Gasteiger charge is -2.31. The normalized spacial score (nSPS) is 19.3. The van der Waals surface area contributed by atoms with Crippen molar-refractivity contribution in [2.45, 2.75) is 69.6 Å². The SMILES string of the molecule is CCNC(=NCC(C)N1CCOCC1)NCCCc1nnc(SC)n1C1CCCC1.I. The molecule has 178 valence electrons. The molecule has 1 saturated carbocycles. The van der Waals surface area contributed by atoms with E-state index in [4.69, 9.17) is 9.73 Å². The number of nitrogens with one attached hydrogen (secondary N) is 2. The molecule has 1 aliphatic carbocycles. The largest absolute Gasteiger partial charge is 0.379 e. The Morgan fingerprint density at radius 3 is 2.65 bits per heavy atom. The minimum Gasteiger partial charge on any atom is -0.379 e. The Balaban J connectivity index is 0.00000341. The Hall–Kier alpha value is -0.590. The summed E-state index contributed by atoms with van der Waals surface area (Å²) in [7, 11) is 0. The highest BCUT2D eigenvalue weighted by atomic mass is 127. The number of thioether (sulfide) groups is 1. The first-order chi connectivity index (χ1) is 14.7. The number of aliphatic imine (C=N–C) groups is 1. The van der Waals surface area contributed by atoms with Gasteiger partial charge in [-0.2, -0.15) is 0 Å². The van der Waals surface area contributed by atoms with Gasteiger partial charge in [0.1, 0.15) is 5.82 Å². The van der Waals surface area contributed by atoms with Crippen LogP contribution in [0.3, 0.4) is 0 Å². The van der Waals surface area contributed by atoms with Crippen LogP contribution in [0.1, 0.15) is 57.8 Å². The molecule has 2 N–H and O–H groups in total. The second-order valence-electron chi connectivity index (χ2n) is 8.16. The molecule has 0 aromatic carbocycles. The third-order valence-electron chi connectivity index (χ3n) is 6.00. The van der Waals surface area contributed by atoms with E-state index in [0.29, 0.717) is 12.1 Å². The lowest BCUT2D eigenvalue weighted by molar-refractivity contribution is 0.0220. The van der Waals surface area contributed by atoms with E-state index in [1.54, 1.807) is 11.8 Å². The van der Waals surface area contributed by atoms with Crippen LogP contribution >= 0.6 is 35.7 Å². The Kier molecular flexibility index (Phi) is 12.5. The maximum Gasteiger partial charge on any atom is 0.191 e. The lowest BCUT2D eigenvalue weighted by atomic mass is 10.2. The molecule has 1 aromatic heterocycles. The lowest BCUT2D eigenvalue weighted by Crippen LogP contribution is -2.44. The van der Waals surface area contributed by atoms with Crippen molar-refractivity contribution in [1.29, 1.82) is 0 Å². The Labute approximate surface area is 208 Å². The van der Waals surface area contributed by atoms with E-state index in [1.807, 2.05) is 0 Å². The molecule has 1 aromatic rings. The maximum absolute atomic E-state index is 5.45. The molecule has 10 heteroatoms. The van der Waals surface area contributed by atoms with Gasteiger partial charge in [0.05, 0.1) is 19.8 Å². The third-order valence-corrected chi connectivity index (χ3v) is 6.65. The van der Waals surface area contributed by atoms with Crippen molar-refractivity contribution in [3.05, 3.63) is 5.82 Å². The van der Waals surface area contributed by atoms with Crippen LogP contribution in [0.5, 0.6) is 0 Å². The average molecular weight is 566 g/mol. The van der Waals surface area contributed by atoms with E-state index in [-0.39, 0.29) is 24.0 Å². The summed E-state index contributed by atoms with van der Waals surface area (Å²) < 4.78 is 7.85. The molecular weight excluding hydrogens is 525 g/mol. The number of nitrogens with zero attached hydrogens (tertiary/aromatic N) is 5. The molecule has 2 aliphatic rings. The minimum absolute atomic E-state index is 0. The zero-order valence-electron chi connectivity index (χ0n) is 19.3. The van der Waals surface area contributed by atoms with E-state index in [1.165, 1.54) is 25.7 Å². The van der Waals surface area contributed by atoms with E-state index in [2.05, 4.69) is 50.4 Å². The van der Waals surface area contributed by atoms with Crippen LogP contribution in [0.4, 0.5) is 0 Å². The van der Waals surface area contributed by atoms with Gasteiger partial charge in [-0.15, -0.1) is 34.2 Å². The average Bonchev–Trinajstić information content (AvgIpc) is 3.44. The fourth-order valence-electron chi connectivity index (χ4n) is 4.30.